The van der Waals surface area contributed by atoms with Crippen LogP contribution < -0.4 is 4.74 Å². The molecule has 0 aromatic heterocycles. The second kappa shape index (κ2) is 6.43. The van der Waals surface area contributed by atoms with E-state index in [1.807, 2.05) is 6.07 Å². The van der Waals surface area contributed by atoms with E-state index in [1.165, 1.54) is 0 Å². The van der Waals surface area contributed by atoms with Gasteiger partial charge in [-0.3, -0.25) is 4.99 Å². The molecule has 0 aliphatic heterocycles. The lowest BCUT2D eigenvalue weighted by molar-refractivity contribution is 0.406. The van der Waals surface area contributed by atoms with Crippen LogP contribution in [0.5, 0.6) is 11.5 Å². The van der Waals surface area contributed by atoms with E-state index in [1.54, 1.807) is 19.4 Å². The fourth-order valence-electron chi connectivity index (χ4n) is 1.68. The highest BCUT2D eigenvalue weighted by Crippen LogP contribution is 2.31. The van der Waals surface area contributed by atoms with Crippen LogP contribution >= 0.6 is 0 Å². The average molecular weight is 249 g/mol. The van der Waals surface area contributed by atoms with Gasteiger partial charge in [-0.25, -0.2) is 0 Å². The van der Waals surface area contributed by atoms with Crippen molar-refractivity contribution in [3.05, 3.63) is 23.3 Å². The van der Waals surface area contributed by atoms with Crippen LogP contribution in [-0.2, 0) is 0 Å². The summed E-state index contributed by atoms with van der Waals surface area (Å²) >= 11 is 0. The predicted octanol–water partition coefficient (Wildman–Crippen LogP) is 3.74. The van der Waals surface area contributed by atoms with Crippen LogP contribution in [0.1, 0.15) is 51.2 Å². The van der Waals surface area contributed by atoms with Crippen molar-refractivity contribution in [2.24, 2.45) is 4.99 Å². The number of phenols is 1. The van der Waals surface area contributed by atoms with Gasteiger partial charge < -0.3 is 9.84 Å². The lowest BCUT2D eigenvalue weighted by atomic mass is 9.96. The maximum absolute atomic E-state index is 10.1. The van der Waals surface area contributed by atoms with E-state index in [2.05, 4.69) is 32.7 Å². The summed E-state index contributed by atoms with van der Waals surface area (Å²) in [5.74, 6) is 1.21. The molecule has 0 aliphatic carbocycles. The molecule has 0 amide bonds. The minimum absolute atomic E-state index is 0.227. The van der Waals surface area contributed by atoms with Gasteiger partial charge in [0.25, 0.3) is 0 Å². The number of nitrogens with zero attached hydrogens (tertiary/aromatic N) is 1. The maximum atomic E-state index is 10.1. The molecular weight excluding hydrogens is 226 g/mol. The smallest absolute Gasteiger partial charge is 0.128 e. The predicted molar refractivity (Wildman–Crippen MR) is 76.1 cm³/mol. The summed E-state index contributed by atoms with van der Waals surface area (Å²) in [5, 5.41) is 10.1. The van der Waals surface area contributed by atoms with Gasteiger partial charge >= 0.3 is 0 Å². The van der Waals surface area contributed by atoms with Crippen LogP contribution in [0.3, 0.4) is 0 Å². The van der Waals surface area contributed by atoms with Crippen molar-refractivity contribution in [3.63, 3.8) is 0 Å². The second-order valence-corrected chi connectivity index (χ2v) is 4.84. The number of ether oxygens (including phenoxy) is 1. The van der Waals surface area contributed by atoms with Crippen molar-refractivity contribution >= 4 is 6.21 Å². The van der Waals surface area contributed by atoms with Gasteiger partial charge in [-0.05, 0) is 30.9 Å². The molecular formula is C15H23NO2. The van der Waals surface area contributed by atoms with Gasteiger partial charge in [0, 0.05) is 23.9 Å². The lowest BCUT2D eigenvalue weighted by Gasteiger charge is -2.14. The molecule has 1 aromatic carbocycles. The number of aromatic hydroxyl groups is 1. The van der Waals surface area contributed by atoms with Gasteiger partial charge in [-0.15, -0.1) is 0 Å². The van der Waals surface area contributed by atoms with Gasteiger partial charge in [0.05, 0.1) is 7.11 Å². The highest BCUT2D eigenvalue weighted by atomic mass is 16.5. The van der Waals surface area contributed by atoms with Gasteiger partial charge in [-0.1, -0.05) is 20.8 Å². The van der Waals surface area contributed by atoms with Gasteiger partial charge in [0.1, 0.15) is 11.5 Å². The zero-order chi connectivity index (χ0) is 13.7. The van der Waals surface area contributed by atoms with Crippen LogP contribution in [0.2, 0.25) is 0 Å². The number of hydrogen-bond acceptors (Lipinski definition) is 3. The first kappa shape index (κ1) is 14.6. The van der Waals surface area contributed by atoms with E-state index < -0.39 is 0 Å². The third-order valence-corrected chi connectivity index (χ3v) is 3.07. The highest BCUT2D eigenvalue weighted by molar-refractivity contribution is 5.86. The largest absolute Gasteiger partial charge is 0.507 e. The Morgan fingerprint density at radius 3 is 2.50 bits per heavy atom. The van der Waals surface area contributed by atoms with Crippen molar-refractivity contribution in [2.45, 2.75) is 46.1 Å². The molecule has 1 atom stereocenters. The topological polar surface area (TPSA) is 41.8 Å². The number of aliphatic imine (C=N–C) groups is 1. The first-order valence-corrected chi connectivity index (χ1v) is 6.43. The van der Waals surface area contributed by atoms with Crippen LogP contribution in [0.15, 0.2) is 17.1 Å². The molecule has 0 fully saturated rings. The Hall–Kier alpha value is -1.51. The van der Waals surface area contributed by atoms with Crippen molar-refractivity contribution in [2.75, 3.05) is 7.11 Å². The summed E-state index contributed by atoms with van der Waals surface area (Å²) in [6.45, 7) is 8.34. The summed E-state index contributed by atoms with van der Waals surface area (Å²) in [5.41, 5.74) is 1.85. The quantitative estimate of drug-likeness (QED) is 0.808. The molecule has 0 bridgehead atoms. The Bertz CT molecular complexity index is 425. The minimum atomic E-state index is 0.227. The van der Waals surface area contributed by atoms with E-state index in [9.17, 15) is 5.11 Å². The first-order chi connectivity index (χ1) is 8.49. The van der Waals surface area contributed by atoms with Gasteiger partial charge in [0.15, 0.2) is 0 Å². The fourth-order valence-corrected chi connectivity index (χ4v) is 1.68. The highest BCUT2D eigenvalue weighted by Gasteiger charge is 2.12. The SMILES string of the molecule is CCC(C)N=Cc1c(O)cc(OC)cc1C(C)C. The van der Waals surface area contributed by atoms with Crippen LogP contribution in [0.25, 0.3) is 0 Å². The Morgan fingerprint density at radius 2 is 2.00 bits per heavy atom. The molecule has 18 heavy (non-hydrogen) atoms. The summed E-state index contributed by atoms with van der Waals surface area (Å²) in [7, 11) is 1.60. The fraction of sp³-hybridized carbons (Fsp3) is 0.533. The third-order valence-electron chi connectivity index (χ3n) is 3.07. The molecule has 3 nitrogen and oxygen atoms in total. The van der Waals surface area contributed by atoms with E-state index in [0.29, 0.717) is 11.7 Å². The van der Waals surface area contributed by atoms with Crippen LogP contribution in [0.4, 0.5) is 0 Å². The van der Waals surface area contributed by atoms with Crippen molar-refractivity contribution in [1.29, 1.82) is 0 Å². The standard InChI is InChI=1S/C15H23NO2/c1-6-11(4)16-9-14-13(10(2)3)7-12(18-5)8-15(14)17/h7-11,17H,6H2,1-5H3. The number of phenolic OH excluding ortho intramolecular Hbond substituents is 1. The monoisotopic (exact) mass is 249 g/mol. The lowest BCUT2D eigenvalue weighted by Crippen LogP contribution is -2.01. The molecule has 3 heteroatoms. The molecule has 1 N–H and O–H groups in total. The molecule has 1 aromatic rings. The Morgan fingerprint density at radius 1 is 1.33 bits per heavy atom. The van der Waals surface area contributed by atoms with Gasteiger partial charge in [-0.2, -0.15) is 0 Å². The first-order valence-electron chi connectivity index (χ1n) is 6.43. The zero-order valence-electron chi connectivity index (χ0n) is 11.9. The average Bonchev–Trinajstić information content (AvgIpc) is 2.35. The normalized spacial score (nSPS) is 13.2. The molecule has 0 saturated carbocycles. The third kappa shape index (κ3) is 3.49. The molecule has 0 saturated heterocycles. The number of hydrogen-bond donors (Lipinski definition) is 1. The maximum Gasteiger partial charge on any atom is 0.128 e. The number of rotatable bonds is 5. The molecule has 100 valence electrons. The molecule has 0 aliphatic rings. The molecule has 0 spiro atoms. The van der Waals surface area contributed by atoms with Crippen molar-refractivity contribution < 1.29 is 9.84 Å². The van der Waals surface area contributed by atoms with Gasteiger partial charge in [0.2, 0.25) is 0 Å². The summed E-state index contributed by atoms with van der Waals surface area (Å²) < 4.78 is 5.18. The summed E-state index contributed by atoms with van der Waals surface area (Å²) in [4.78, 5) is 4.45. The Balaban J connectivity index is 3.20. The number of methoxy groups -OCH3 is 1. The van der Waals surface area contributed by atoms with Crippen molar-refractivity contribution in [3.8, 4) is 11.5 Å². The molecule has 0 heterocycles. The van der Waals surface area contributed by atoms with E-state index >= 15 is 0 Å². The van der Waals surface area contributed by atoms with Crippen LogP contribution in [-0.4, -0.2) is 24.5 Å². The molecule has 1 rings (SSSR count). The van der Waals surface area contributed by atoms with Crippen LogP contribution in [0, 0.1) is 0 Å². The van der Waals surface area contributed by atoms with E-state index in [-0.39, 0.29) is 11.8 Å². The summed E-state index contributed by atoms with van der Waals surface area (Å²) in [6.07, 6.45) is 2.77. The Labute approximate surface area is 110 Å². The molecule has 0 radical (unpaired) electrons. The van der Waals surface area contributed by atoms with E-state index in [4.69, 9.17) is 4.74 Å². The second-order valence-electron chi connectivity index (χ2n) is 4.84. The number of benzene rings is 1. The Kier molecular flexibility index (Phi) is 5.20. The van der Waals surface area contributed by atoms with E-state index in [0.717, 1.165) is 17.5 Å². The van der Waals surface area contributed by atoms with Crippen molar-refractivity contribution in [1.82, 2.24) is 0 Å². The zero-order valence-corrected chi connectivity index (χ0v) is 11.9. The minimum Gasteiger partial charge on any atom is -0.507 e. The molecule has 1 unspecified atom stereocenters. The summed E-state index contributed by atoms with van der Waals surface area (Å²) in [6, 6.07) is 3.86.